The van der Waals surface area contributed by atoms with Crippen molar-refractivity contribution in [2.24, 2.45) is 0 Å². The Hall–Kier alpha value is -2.85. The quantitative estimate of drug-likeness (QED) is 0.783. The summed E-state index contributed by atoms with van der Waals surface area (Å²) in [6.45, 7) is 4.15. The SMILES string of the molecule is CN1CCN(c2cccc(NC(=O)c3cccc4ccccc34)c2)CC1. The van der Waals surface area contributed by atoms with Crippen molar-refractivity contribution in [2.45, 2.75) is 0 Å². The van der Waals surface area contributed by atoms with E-state index in [-0.39, 0.29) is 5.91 Å². The van der Waals surface area contributed by atoms with Gasteiger partial charge in [-0.3, -0.25) is 4.79 Å². The fourth-order valence-electron chi connectivity index (χ4n) is 3.47. The third kappa shape index (κ3) is 3.41. The molecule has 3 aromatic rings. The van der Waals surface area contributed by atoms with Crippen LogP contribution in [0.25, 0.3) is 10.8 Å². The van der Waals surface area contributed by atoms with Gasteiger partial charge >= 0.3 is 0 Å². The minimum atomic E-state index is -0.0719. The number of carbonyl (C=O) groups is 1. The van der Waals surface area contributed by atoms with Crippen LogP contribution in [0.5, 0.6) is 0 Å². The molecule has 0 atom stereocenters. The Bertz CT molecular complexity index is 924. The predicted molar refractivity (Wildman–Crippen MR) is 108 cm³/mol. The fraction of sp³-hybridized carbons (Fsp3) is 0.227. The van der Waals surface area contributed by atoms with Gasteiger partial charge in [-0.25, -0.2) is 0 Å². The molecule has 0 bridgehead atoms. The third-order valence-corrected chi connectivity index (χ3v) is 5.01. The summed E-state index contributed by atoms with van der Waals surface area (Å²) in [5.74, 6) is -0.0719. The zero-order valence-electron chi connectivity index (χ0n) is 15.0. The van der Waals surface area contributed by atoms with E-state index >= 15 is 0 Å². The Morgan fingerprint density at radius 1 is 0.885 bits per heavy atom. The van der Waals surface area contributed by atoms with Crippen LogP contribution in [0.15, 0.2) is 66.7 Å². The normalized spacial score (nSPS) is 15.2. The predicted octanol–water partition coefficient (Wildman–Crippen LogP) is 3.84. The molecule has 4 heteroatoms. The summed E-state index contributed by atoms with van der Waals surface area (Å²) in [6, 6.07) is 21.9. The van der Waals surface area contributed by atoms with E-state index in [0.29, 0.717) is 5.56 Å². The zero-order chi connectivity index (χ0) is 17.9. The van der Waals surface area contributed by atoms with Crippen LogP contribution < -0.4 is 10.2 Å². The molecular formula is C22H23N3O. The van der Waals surface area contributed by atoms with Crippen LogP contribution in [0.3, 0.4) is 0 Å². The summed E-state index contributed by atoms with van der Waals surface area (Å²) in [4.78, 5) is 17.5. The number of piperazine rings is 1. The molecule has 0 aromatic heterocycles. The maximum absolute atomic E-state index is 12.8. The second-order valence-electron chi connectivity index (χ2n) is 6.82. The molecule has 1 fully saturated rings. The lowest BCUT2D eigenvalue weighted by Crippen LogP contribution is -2.44. The van der Waals surface area contributed by atoms with Crippen LogP contribution in [-0.4, -0.2) is 44.0 Å². The minimum absolute atomic E-state index is 0.0719. The van der Waals surface area contributed by atoms with Crippen LogP contribution in [0.1, 0.15) is 10.4 Å². The molecule has 1 aliphatic rings. The molecule has 0 spiro atoms. The Morgan fingerprint density at radius 3 is 2.46 bits per heavy atom. The maximum Gasteiger partial charge on any atom is 0.256 e. The number of carbonyl (C=O) groups excluding carboxylic acids is 1. The maximum atomic E-state index is 12.8. The lowest BCUT2D eigenvalue weighted by molar-refractivity contribution is 0.102. The second-order valence-corrected chi connectivity index (χ2v) is 6.82. The number of hydrogen-bond donors (Lipinski definition) is 1. The van der Waals surface area contributed by atoms with Crippen molar-refractivity contribution in [3.05, 3.63) is 72.3 Å². The number of rotatable bonds is 3. The van der Waals surface area contributed by atoms with E-state index in [1.165, 1.54) is 0 Å². The van der Waals surface area contributed by atoms with Crippen LogP contribution in [0.2, 0.25) is 0 Å². The fourth-order valence-corrected chi connectivity index (χ4v) is 3.47. The second kappa shape index (κ2) is 7.18. The molecule has 132 valence electrons. The summed E-state index contributed by atoms with van der Waals surface area (Å²) in [6.07, 6.45) is 0. The molecule has 1 saturated heterocycles. The van der Waals surface area contributed by atoms with E-state index < -0.39 is 0 Å². The highest BCUT2D eigenvalue weighted by Gasteiger charge is 2.15. The van der Waals surface area contributed by atoms with Crippen LogP contribution in [0, 0.1) is 0 Å². The van der Waals surface area contributed by atoms with E-state index in [2.05, 4.69) is 34.3 Å². The average molecular weight is 345 g/mol. The van der Waals surface area contributed by atoms with Gasteiger partial charge in [0.15, 0.2) is 0 Å². The summed E-state index contributed by atoms with van der Waals surface area (Å²) in [7, 11) is 2.15. The van der Waals surface area contributed by atoms with E-state index in [1.807, 2.05) is 54.6 Å². The van der Waals surface area contributed by atoms with Crippen molar-refractivity contribution in [1.29, 1.82) is 0 Å². The van der Waals surface area contributed by atoms with Crippen LogP contribution in [-0.2, 0) is 0 Å². The summed E-state index contributed by atoms with van der Waals surface area (Å²) in [5, 5.41) is 5.11. The van der Waals surface area contributed by atoms with Gasteiger partial charge in [0, 0.05) is 43.1 Å². The van der Waals surface area contributed by atoms with E-state index in [0.717, 1.165) is 48.3 Å². The Morgan fingerprint density at radius 2 is 1.62 bits per heavy atom. The molecule has 1 heterocycles. The van der Waals surface area contributed by atoms with Crippen molar-refractivity contribution < 1.29 is 4.79 Å². The Kier molecular flexibility index (Phi) is 4.59. The minimum Gasteiger partial charge on any atom is -0.369 e. The highest BCUT2D eigenvalue weighted by atomic mass is 16.1. The third-order valence-electron chi connectivity index (χ3n) is 5.01. The smallest absolute Gasteiger partial charge is 0.256 e. The van der Waals surface area contributed by atoms with Crippen molar-refractivity contribution >= 4 is 28.1 Å². The van der Waals surface area contributed by atoms with Gasteiger partial charge in [0.1, 0.15) is 0 Å². The molecule has 1 N–H and O–H groups in total. The van der Waals surface area contributed by atoms with Crippen molar-refractivity contribution in [2.75, 3.05) is 43.4 Å². The Labute approximate surface area is 154 Å². The lowest BCUT2D eigenvalue weighted by Gasteiger charge is -2.34. The largest absolute Gasteiger partial charge is 0.369 e. The first-order valence-electron chi connectivity index (χ1n) is 9.03. The number of likely N-dealkylation sites (N-methyl/N-ethyl adjacent to an activating group) is 1. The van der Waals surface area contributed by atoms with E-state index in [4.69, 9.17) is 0 Å². The number of amides is 1. The van der Waals surface area contributed by atoms with Gasteiger partial charge < -0.3 is 15.1 Å². The summed E-state index contributed by atoms with van der Waals surface area (Å²) in [5.41, 5.74) is 2.70. The number of hydrogen-bond acceptors (Lipinski definition) is 3. The van der Waals surface area contributed by atoms with Crippen molar-refractivity contribution in [1.82, 2.24) is 4.90 Å². The Balaban J connectivity index is 1.55. The van der Waals surface area contributed by atoms with Gasteiger partial charge in [-0.2, -0.15) is 0 Å². The highest BCUT2D eigenvalue weighted by molar-refractivity contribution is 6.13. The number of anilines is 2. The molecule has 0 saturated carbocycles. The zero-order valence-corrected chi connectivity index (χ0v) is 15.0. The average Bonchev–Trinajstić information content (AvgIpc) is 2.68. The number of nitrogens with one attached hydrogen (secondary N) is 1. The number of benzene rings is 3. The van der Waals surface area contributed by atoms with Gasteiger partial charge in [-0.1, -0.05) is 42.5 Å². The molecule has 0 aliphatic carbocycles. The summed E-state index contributed by atoms with van der Waals surface area (Å²) < 4.78 is 0. The topological polar surface area (TPSA) is 35.6 Å². The highest BCUT2D eigenvalue weighted by Crippen LogP contribution is 2.23. The molecular weight excluding hydrogens is 322 g/mol. The molecule has 0 unspecified atom stereocenters. The van der Waals surface area contributed by atoms with Crippen molar-refractivity contribution in [3.8, 4) is 0 Å². The molecule has 4 nitrogen and oxygen atoms in total. The molecule has 1 aliphatic heterocycles. The van der Waals surface area contributed by atoms with Gasteiger partial charge in [0.05, 0.1) is 0 Å². The van der Waals surface area contributed by atoms with Crippen LogP contribution in [0.4, 0.5) is 11.4 Å². The van der Waals surface area contributed by atoms with Gasteiger partial charge in [-0.05, 0) is 42.1 Å². The van der Waals surface area contributed by atoms with Crippen molar-refractivity contribution in [3.63, 3.8) is 0 Å². The van der Waals surface area contributed by atoms with E-state index in [1.54, 1.807) is 0 Å². The van der Waals surface area contributed by atoms with E-state index in [9.17, 15) is 4.79 Å². The molecule has 3 aromatic carbocycles. The first kappa shape index (κ1) is 16.6. The molecule has 4 rings (SSSR count). The number of nitrogens with zero attached hydrogens (tertiary/aromatic N) is 2. The standard InChI is InChI=1S/C22H23N3O/c1-24-12-14-25(15-13-24)19-9-5-8-18(16-19)23-22(26)21-11-4-7-17-6-2-3-10-20(17)21/h2-11,16H,12-15H2,1H3,(H,23,26). The first-order valence-corrected chi connectivity index (χ1v) is 9.03. The lowest BCUT2D eigenvalue weighted by atomic mass is 10.0. The molecule has 1 amide bonds. The number of fused-ring (bicyclic) bond motifs is 1. The summed E-state index contributed by atoms with van der Waals surface area (Å²) >= 11 is 0. The monoisotopic (exact) mass is 345 g/mol. The van der Waals surface area contributed by atoms with Gasteiger partial charge in [0.2, 0.25) is 0 Å². The van der Waals surface area contributed by atoms with Gasteiger partial charge in [0.25, 0.3) is 5.91 Å². The van der Waals surface area contributed by atoms with Gasteiger partial charge in [-0.15, -0.1) is 0 Å². The first-order chi connectivity index (χ1) is 12.7. The van der Waals surface area contributed by atoms with Crippen LogP contribution >= 0.6 is 0 Å². The molecule has 0 radical (unpaired) electrons. The molecule has 26 heavy (non-hydrogen) atoms.